The molecule has 0 aromatic heterocycles. The van der Waals surface area contributed by atoms with E-state index in [4.69, 9.17) is 0 Å². The van der Waals surface area contributed by atoms with Crippen LogP contribution in [0, 0.1) is 0 Å². The fourth-order valence-corrected chi connectivity index (χ4v) is 0.385. The minimum absolute atomic E-state index is 0. The van der Waals surface area contributed by atoms with Crippen LogP contribution in [0.3, 0.4) is 0 Å². The van der Waals surface area contributed by atoms with Gasteiger partial charge in [-0.2, -0.15) is 0 Å². The molecule has 0 radical (unpaired) electrons. The topological polar surface area (TPSA) is 35.2 Å². The molecule has 1 aromatic carbocycles. The smallest absolute Gasteiger partial charge is 1.00 e. The van der Waals surface area contributed by atoms with Crippen molar-refractivity contribution in [3.05, 3.63) is 36.4 Å². The maximum Gasteiger partial charge on any atom is 1.00 e. The summed E-state index contributed by atoms with van der Waals surface area (Å²) in [4.78, 5) is 0. The molecule has 0 saturated carbocycles. The molecular weight excluding hydrogens is 145 g/mol. The molecule has 0 unspecified atom stereocenters. The zero-order valence-corrected chi connectivity index (χ0v) is 8.45. The van der Waals surface area contributed by atoms with Gasteiger partial charge in [0.2, 0.25) is 0 Å². The van der Waals surface area contributed by atoms with Gasteiger partial charge in [-0.05, 0) is 7.05 Å². The van der Waals surface area contributed by atoms with Crippen molar-refractivity contribution in [2.75, 3.05) is 21.3 Å². The van der Waals surface area contributed by atoms with Gasteiger partial charge in [-0.1, -0.05) is 36.4 Å². The van der Waals surface area contributed by atoms with Gasteiger partial charge in [0, 0.05) is 14.2 Å². The molecule has 1 aromatic rings. The van der Waals surface area contributed by atoms with Crippen molar-refractivity contribution in [1.82, 2.24) is 0 Å². The van der Waals surface area contributed by atoms with E-state index in [0.29, 0.717) is 0 Å². The molecule has 2 N–H and O–H groups in total. The normalized spacial score (nSPS) is 6.00. The molecule has 0 atom stereocenters. The first-order chi connectivity index (χ1) is 5.41. The minimum atomic E-state index is 0. The fraction of sp³-hybridized carbons (Fsp3) is 0.333. The number of hydrogen-bond acceptors (Lipinski definition) is 2. The van der Waals surface area contributed by atoms with Crippen LogP contribution in [0.25, 0.3) is 0 Å². The van der Waals surface area contributed by atoms with Gasteiger partial charge in [0.15, 0.2) is 0 Å². The van der Waals surface area contributed by atoms with E-state index in [-0.39, 0.29) is 20.3 Å². The zero-order valence-electron chi connectivity index (χ0n) is 9.45. The second kappa shape index (κ2) is 22.4. The van der Waals surface area contributed by atoms with E-state index in [0.717, 1.165) is 0 Å². The Kier molecular flexibility index (Phi) is 33.1. The van der Waals surface area contributed by atoms with Gasteiger partial charge in [0.1, 0.15) is 0 Å². The van der Waals surface area contributed by atoms with Crippen molar-refractivity contribution in [3.8, 4) is 0 Å². The van der Waals surface area contributed by atoms with Gasteiger partial charge in [0.25, 0.3) is 0 Å². The van der Waals surface area contributed by atoms with Crippen molar-refractivity contribution >= 4 is 0 Å². The van der Waals surface area contributed by atoms with E-state index in [1.807, 2.05) is 36.4 Å². The third kappa shape index (κ3) is 22.6. The van der Waals surface area contributed by atoms with Crippen molar-refractivity contribution in [1.29, 1.82) is 0 Å². The second-order valence-corrected chi connectivity index (χ2v) is 1.56. The Morgan fingerprint density at radius 1 is 0.833 bits per heavy atom. The van der Waals surface area contributed by atoms with Crippen LogP contribution in [0.2, 0.25) is 0 Å². The van der Waals surface area contributed by atoms with Crippen LogP contribution in [0.5, 0.6) is 0 Å². The SMILES string of the molecule is CN.COC.[H-].[Li+].c1ccccc1. The molecule has 0 bridgehead atoms. The molecule has 1 rings (SSSR count). The van der Waals surface area contributed by atoms with Crippen LogP contribution < -0.4 is 24.6 Å². The summed E-state index contributed by atoms with van der Waals surface area (Å²) in [6.07, 6.45) is 0. The summed E-state index contributed by atoms with van der Waals surface area (Å²) >= 11 is 0. The van der Waals surface area contributed by atoms with E-state index in [1.54, 1.807) is 14.2 Å². The summed E-state index contributed by atoms with van der Waals surface area (Å²) < 4.78 is 4.25. The first kappa shape index (κ1) is 17.7. The zero-order chi connectivity index (χ0) is 8.95. The first-order valence-corrected chi connectivity index (χ1v) is 3.39. The minimum Gasteiger partial charge on any atom is -1.00 e. The molecule has 0 amide bonds. The van der Waals surface area contributed by atoms with Gasteiger partial charge in [0.05, 0.1) is 0 Å². The summed E-state index contributed by atoms with van der Waals surface area (Å²) in [7, 11) is 4.75. The van der Waals surface area contributed by atoms with Crippen LogP contribution >= 0.6 is 0 Å². The predicted molar refractivity (Wildman–Crippen MR) is 50.6 cm³/mol. The Bertz CT molecular complexity index is 102. The predicted octanol–water partition coefficient (Wildman–Crippen LogP) is -1.36. The third-order valence-electron chi connectivity index (χ3n) is 0.667. The number of rotatable bonds is 0. The molecule has 0 aliphatic carbocycles. The number of hydrogen-bond donors (Lipinski definition) is 1. The number of nitrogens with two attached hydrogens (primary N) is 1. The van der Waals surface area contributed by atoms with Crippen LogP contribution in [0.1, 0.15) is 1.43 Å². The van der Waals surface area contributed by atoms with Crippen molar-refractivity contribution in [2.45, 2.75) is 0 Å². The molecular formula is C9H18LiNO. The second-order valence-electron chi connectivity index (χ2n) is 1.56. The molecule has 3 heteroatoms. The Morgan fingerprint density at radius 3 is 1.00 bits per heavy atom. The Morgan fingerprint density at radius 2 is 0.917 bits per heavy atom. The Hall–Kier alpha value is -0.263. The summed E-state index contributed by atoms with van der Waals surface area (Å²) in [5.41, 5.74) is 4.50. The van der Waals surface area contributed by atoms with Gasteiger partial charge >= 0.3 is 18.9 Å². The first-order valence-electron chi connectivity index (χ1n) is 3.39. The molecule has 0 spiro atoms. The monoisotopic (exact) mass is 163 g/mol. The van der Waals surface area contributed by atoms with Crippen molar-refractivity contribution in [3.63, 3.8) is 0 Å². The van der Waals surface area contributed by atoms with E-state index in [1.165, 1.54) is 7.05 Å². The average Bonchev–Trinajstić information content (AvgIpc) is 2.12. The molecule has 0 saturated heterocycles. The summed E-state index contributed by atoms with van der Waals surface area (Å²) in [6.45, 7) is 0. The maximum absolute atomic E-state index is 4.50. The van der Waals surface area contributed by atoms with Gasteiger partial charge in [-0.25, -0.2) is 0 Å². The number of benzene rings is 1. The summed E-state index contributed by atoms with van der Waals surface area (Å²) in [5.74, 6) is 0. The number of ether oxygens (including phenoxy) is 1. The van der Waals surface area contributed by atoms with Crippen molar-refractivity contribution in [2.24, 2.45) is 5.73 Å². The molecule has 0 aliphatic rings. The molecule has 0 fully saturated rings. The van der Waals surface area contributed by atoms with Crippen LogP contribution in [-0.2, 0) is 4.74 Å². The quantitative estimate of drug-likeness (QED) is 0.479. The van der Waals surface area contributed by atoms with E-state index >= 15 is 0 Å². The largest absolute Gasteiger partial charge is 1.00 e. The standard InChI is InChI=1S/C6H6.C2H6O.CH5N.Li.H/c1-2-4-6-5-3-1;1-3-2;1-2;;/h1-6H;1-2H3;2H2,1H3;;/q;;;+1;-1. The van der Waals surface area contributed by atoms with Crippen LogP contribution in [-0.4, -0.2) is 21.3 Å². The van der Waals surface area contributed by atoms with Crippen molar-refractivity contribution < 1.29 is 25.0 Å². The maximum atomic E-state index is 4.50. The molecule has 66 valence electrons. The van der Waals surface area contributed by atoms with Gasteiger partial charge in [-0.15, -0.1) is 0 Å². The van der Waals surface area contributed by atoms with Crippen LogP contribution in [0.15, 0.2) is 36.4 Å². The summed E-state index contributed by atoms with van der Waals surface area (Å²) in [6, 6.07) is 12.0. The molecule has 12 heavy (non-hydrogen) atoms. The van der Waals surface area contributed by atoms with E-state index in [2.05, 4.69) is 10.5 Å². The molecule has 0 heterocycles. The summed E-state index contributed by atoms with van der Waals surface area (Å²) in [5, 5.41) is 0. The van der Waals surface area contributed by atoms with E-state index < -0.39 is 0 Å². The van der Waals surface area contributed by atoms with Crippen LogP contribution in [0.4, 0.5) is 0 Å². The Balaban J connectivity index is -0.0000000517. The molecule has 2 nitrogen and oxygen atoms in total. The third-order valence-corrected chi connectivity index (χ3v) is 0.667. The van der Waals surface area contributed by atoms with Gasteiger partial charge < -0.3 is 11.9 Å². The average molecular weight is 163 g/mol. The molecule has 0 aliphatic heterocycles. The fourth-order valence-electron chi connectivity index (χ4n) is 0.385. The number of methoxy groups -OCH3 is 1. The Labute approximate surface area is 88.8 Å². The van der Waals surface area contributed by atoms with E-state index in [9.17, 15) is 0 Å². The van der Waals surface area contributed by atoms with Gasteiger partial charge in [-0.3, -0.25) is 0 Å².